The number of nitrogens with zero attached hydrogens (tertiary/aromatic N) is 2. The van der Waals surface area contributed by atoms with Crippen molar-refractivity contribution in [1.82, 2.24) is 4.57 Å². The van der Waals surface area contributed by atoms with Crippen molar-refractivity contribution >= 4 is 72.7 Å². The molecule has 0 fully saturated rings. The lowest BCUT2D eigenvalue weighted by molar-refractivity contribution is 1.18. The first-order valence-corrected chi connectivity index (χ1v) is 21.3. The maximum absolute atomic E-state index is 2.64. The van der Waals surface area contributed by atoms with E-state index in [1.54, 1.807) is 0 Å². The fourth-order valence-corrected chi connectivity index (χ4v) is 11.1. The highest BCUT2D eigenvalue weighted by Gasteiger charge is 2.43. The Kier molecular flexibility index (Phi) is 6.67. The molecule has 3 aliphatic rings. The van der Waals surface area contributed by atoms with E-state index in [4.69, 9.17) is 0 Å². The Balaban J connectivity index is 1.14. The maximum atomic E-state index is 2.64. The predicted molar refractivity (Wildman–Crippen MR) is 258 cm³/mol. The van der Waals surface area contributed by atoms with Gasteiger partial charge in [0.2, 0.25) is 0 Å². The monoisotopic (exact) mass is 770 g/mol. The Hall–Kier alpha value is -7.88. The van der Waals surface area contributed by atoms with E-state index in [2.05, 4.69) is 222 Å². The summed E-state index contributed by atoms with van der Waals surface area (Å²) in [6, 6.07) is 79.3. The van der Waals surface area contributed by atoms with Crippen molar-refractivity contribution in [2.75, 3.05) is 4.90 Å². The molecule has 2 nitrogen and oxygen atoms in total. The van der Waals surface area contributed by atoms with Crippen LogP contribution >= 0.6 is 0 Å². The Bertz CT molecular complexity index is 3630. The quantitative estimate of drug-likeness (QED) is 0.162. The van der Waals surface area contributed by atoms with E-state index in [-0.39, 0.29) is 6.71 Å². The maximum Gasteiger partial charge on any atom is 0.252 e. The number of anilines is 3. The molecule has 2 aliphatic heterocycles. The lowest BCUT2D eigenvalue weighted by Crippen LogP contribution is -2.60. The Morgan fingerprint density at radius 2 is 0.918 bits per heavy atom. The van der Waals surface area contributed by atoms with Gasteiger partial charge in [0.05, 0.1) is 11.0 Å². The number of hydrogen-bond acceptors (Lipinski definition) is 1. The first-order chi connectivity index (χ1) is 30.3. The molecule has 0 unspecified atom stereocenters. The Morgan fingerprint density at radius 1 is 0.328 bits per heavy atom. The van der Waals surface area contributed by atoms with Crippen LogP contribution in [-0.2, 0) is 0 Å². The molecule has 0 N–H and O–H groups in total. The summed E-state index contributed by atoms with van der Waals surface area (Å²) < 4.78 is 2.64. The van der Waals surface area contributed by atoms with E-state index >= 15 is 0 Å². The molecule has 0 saturated heterocycles. The van der Waals surface area contributed by atoms with Crippen molar-refractivity contribution in [3.63, 3.8) is 0 Å². The zero-order valence-corrected chi connectivity index (χ0v) is 33.2. The van der Waals surface area contributed by atoms with Crippen LogP contribution in [0.25, 0.3) is 93.9 Å². The van der Waals surface area contributed by atoms with Crippen LogP contribution in [0.2, 0.25) is 0 Å². The van der Waals surface area contributed by atoms with Gasteiger partial charge in [-0.1, -0.05) is 176 Å². The number of hydrogen-bond donors (Lipinski definition) is 0. The van der Waals surface area contributed by atoms with Crippen LogP contribution in [0.15, 0.2) is 212 Å². The predicted octanol–water partition coefficient (Wildman–Crippen LogP) is 13.2. The summed E-state index contributed by atoms with van der Waals surface area (Å²) in [6.07, 6.45) is 0. The van der Waals surface area contributed by atoms with Crippen molar-refractivity contribution in [2.24, 2.45) is 0 Å². The van der Waals surface area contributed by atoms with Gasteiger partial charge < -0.3 is 9.47 Å². The van der Waals surface area contributed by atoms with Crippen molar-refractivity contribution in [3.05, 3.63) is 212 Å². The van der Waals surface area contributed by atoms with Crippen molar-refractivity contribution in [3.8, 4) is 61.3 Å². The minimum Gasteiger partial charge on any atom is -0.311 e. The summed E-state index contributed by atoms with van der Waals surface area (Å²) >= 11 is 0. The lowest BCUT2D eigenvalue weighted by atomic mass is 9.33. The van der Waals surface area contributed by atoms with Gasteiger partial charge in [-0.15, -0.1) is 0 Å². The van der Waals surface area contributed by atoms with Gasteiger partial charge >= 0.3 is 0 Å². The zero-order chi connectivity index (χ0) is 39.8. The highest BCUT2D eigenvalue weighted by atomic mass is 15.2. The summed E-state index contributed by atoms with van der Waals surface area (Å²) in [6.45, 7) is 0.00317. The molecule has 1 aliphatic carbocycles. The van der Waals surface area contributed by atoms with E-state index in [1.165, 1.54) is 122 Å². The van der Waals surface area contributed by atoms with Crippen molar-refractivity contribution in [1.29, 1.82) is 0 Å². The molecule has 1 aromatic heterocycles. The van der Waals surface area contributed by atoms with Crippen molar-refractivity contribution in [2.45, 2.75) is 0 Å². The third kappa shape index (κ3) is 4.52. The molecule has 0 amide bonds. The van der Waals surface area contributed by atoms with Gasteiger partial charge in [0.25, 0.3) is 6.71 Å². The van der Waals surface area contributed by atoms with Crippen LogP contribution < -0.4 is 21.3 Å². The molecule has 11 aromatic rings. The lowest BCUT2D eigenvalue weighted by Gasteiger charge is -2.41. The molecule has 3 heteroatoms. The first kappa shape index (κ1) is 33.0. The number of aromatic nitrogens is 1. The van der Waals surface area contributed by atoms with Gasteiger partial charge in [0, 0.05) is 33.5 Å². The van der Waals surface area contributed by atoms with Gasteiger partial charge in [-0.25, -0.2) is 0 Å². The summed E-state index contributed by atoms with van der Waals surface area (Å²) in [7, 11) is 0. The summed E-state index contributed by atoms with van der Waals surface area (Å²) in [5, 5.41) is 5.32. The highest BCUT2D eigenvalue weighted by molar-refractivity contribution is 7.00. The number of benzene rings is 10. The molecule has 3 heterocycles. The third-order valence-corrected chi connectivity index (χ3v) is 13.7. The third-order valence-electron chi connectivity index (χ3n) is 13.7. The minimum absolute atomic E-state index is 0.00317. The SMILES string of the molecule is c1ccc(-c2ccc(N3c4ccc(-c5ccccc5)cc4B4c5c3cc(-c3ccccc3)cc5-n3c5ccc6cccc7c6c5c5c(ccc4c53)-c3ccccc3-7)cc2)cc1. The van der Waals surface area contributed by atoms with Crippen LogP contribution in [0.4, 0.5) is 17.1 Å². The van der Waals surface area contributed by atoms with Gasteiger partial charge in [0.15, 0.2) is 0 Å². The molecule has 61 heavy (non-hydrogen) atoms. The molecular formula is C58H35BN2. The fourth-order valence-electron chi connectivity index (χ4n) is 11.1. The Labute approximate surface area is 354 Å². The molecule has 0 atom stereocenters. The molecule has 0 radical (unpaired) electrons. The first-order valence-electron chi connectivity index (χ1n) is 21.3. The van der Waals surface area contributed by atoms with Crippen LogP contribution in [-0.4, -0.2) is 11.3 Å². The second-order valence-corrected chi connectivity index (χ2v) is 16.8. The fraction of sp³-hybridized carbons (Fsp3) is 0. The van der Waals surface area contributed by atoms with E-state index in [9.17, 15) is 0 Å². The van der Waals surface area contributed by atoms with Crippen LogP contribution in [0, 0.1) is 0 Å². The van der Waals surface area contributed by atoms with E-state index in [1.807, 2.05) is 0 Å². The van der Waals surface area contributed by atoms with E-state index < -0.39 is 0 Å². The standard InChI is InChI=1S/C58H35BN2/c1-4-13-36(14-5-1)39-23-27-43(28-24-39)60-50-31-26-41(37-15-6-2-7-16-37)33-49(50)59-48-30-29-47-45-21-11-10-20-44(45)46-22-12-19-40-25-32-51-56(54(40)46)55(47)58(48)61(51)53-35-42(34-52(60)57(53)59)38-17-8-3-9-18-38/h1-35H. The smallest absolute Gasteiger partial charge is 0.252 e. The molecule has 10 aromatic carbocycles. The van der Waals surface area contributed by atoms with E-state index in [0.717, 1.165) is 5.69 Å². The average Bonchev–Trinajstić information content (AvgIpc) is 3.63. The largest absolute Gasteiger partial charge is 0.311 e. The average molecular weight is 771 g/mol. The topological polar surface area (TPSA) is 8.17 Å². The molecule has 0 saturated carbocycles. The molecule has 14 rings (SSSR count). The van der Waals surface area contributed by atoms with Gasteiger partial charge in [-0.2, -0.15) is 0 Å². The highest BCUT2D eigenvalue weighted by Crippen LogP contribution is 2.51. The normalized spacial score (nSPS) is 12.9. The van der Waals surface area contributed by atoms with Crippen LogP contribution in [0.5, 0.6) is 0 Å². The molecule has 0 bridgehead atoms. The second-order valence-electron chi connectivity index (χ2n) is 16.8. The zero-order valence-electron chi connectivity index (χ0n) is 33.2. The van der Waals surface area contributed by atoms with Crippen LogP contribution in [0.3, 0.4) is 0 Å². The number of fused-ring (bicyclic) bond motifs is 8. The van der Waals surface area contributed by atoms with Crippen molar-refractivity contribution < 1.29 is 0 Å². The molecule has 280 valence electrons. The van der Waals surface area contributed by atoms with Gasteiger partial charge in [-0.05, 0) is 119 Å². The molecular weight excluding hydrogens is 735 g/mol. The second kappa shape index (κ2) is 12.3. The number of rotatable bonds is 4. The van der Waals surface area contributed by atoms with Gasteiger partial charge in [0.1, 0.15) is 0 Å². The minimum atomic E-state index is 0.00317. The van der Waals surface area contributed by atoms with Crippen LogP contribution in [0.1, 0.15) is 0 Å². The summed E-state index contributed by atoms with van der Waals surface area (Å²) in [5.74, 6) is 0. The summed E-state index contributed by atoms with van der Waals surface area (Å²) in [5.41, 5.74) is 23.9. The van der Waals surface area contributed by atoms with Gasteiger partial charge in [-0.3, -0.25) is 0 Å². The molecule has 0 spiro atoms. The summed E-state index contributed by atoms with van der Waals surface area (Å²) in [4.78, 5) is 2.54. The Morgan fingerprint density at radius 3 is 1.64 bits per heavy atom. The van der Waals surface area contributed by atoms with E-state index in [0.29, 0.717) is 0 Å².